The summed E-state index contributed by atoms with van der Waals surface area (Å²) in [5.74, 6) is 0.500. The maximum atomic E-state index is 10.7. The van der Waals surface area contributed by atoms with Crippen LogP contribution in [0.3, 0.4) is 0 Å². The number of aliphatic hydroxyl groups is 1. The topological polar surface area (TPSA) is 90.1 Å². The van der Waals surface area contributed by atoms with Crippen molar-refractivity contribution in [2.75, 3.05) is 0 Å². The zero-order valence-electron chi connectivity index (χ0n) is 14.5. The lowest BCUT2D eigenvalue weighted by Crippen LogP contribution is -2.80. The summed E-state index contributed by atoms with van der Waals surface area (Å²) in [6.07, 6.45) is -0.480. The Morgan fingerprint density at radius 2 is 1.73 bits per heavy atom. The molecule has 26 heavy (non-hydrogen) atoms. The van der Waals surface area contributed by atoms with Gasteiger partial charge in [-0.3, -0.25) is 0 Å². The first-order valence-electron chi connectivity index (χ1n) is 8.52. The van der Waals surface area contributed by atoms with E-state index >= 15 is 0 Å². The van der Waals surface area contributed by atoms with Gasteiger partial charge >= 0.3 is 0 Å². The van der Waals surface area contributed by atoms with Gasteiger partial charge < -0.3 is 24.7 Å². The van der Waals surface area contributed by atoms with Crippen LogP contribution in [0.5, 0.6) is 0 Å². The lowest BCUT2D eigenvalue weighted by molar-refractivity contribution is -0.687. The van der Waals surface area contributed by atoms with E-state index in [1.807, 2.05) is 36.4 Å². The molecule has 0 aliphatic carbocycles. The SMILES string of the molecule is C[C@H](O)c1ccc(-c2ccc(C[NH2+]Cc3ccc(C(=O)[O-])cc3)o2)cc1. The van der Waals surface area contributed by atoms with Crippen molar-refractivity contribution in [1.82, 2.24) is 0 Å². The van der Waals surface area contributed by atoms with Gasteiger partial charge in [0, 0.05) is 11.1 Å². The van der Waals surface area contributed by atoms with E-state index in [9.17, 15) is 15.0 Å². The van der Waals surface area contributed by atoms with Crippen LogP contribution in [0.4, 0.5) is 0 Å². The third-order valence-corrected chi connectivity index (χ3v) is 4.25. The van der Waals surface area contributed by atoms with Crippen LogP contribution >= 0.6 is 0 Å². The van der Waals surface area contributed by atoms with Crippen molar-refractivity contribution in [3.05, 3.63) is 83.1 Å². The number of rotatable bonds is 7. The summed E-state index contributed by atoms with van der Waals surface area (Å²) in [6.45, 7) is 3.16. The van der Waals surface area contributed by atoms with Gasteiger partial charge in [-0.2, -0.15) is 0 Å². The standard InChI is InChI=1S/C21H21NO4/c1-14(23)16-6-8-17(9-7-16)20-11-10-19(26-20)13-22-12-15-2-4-18(5-3-15)21(24)25/h2-11,14,22-23H,12-13H2,1H3,(H,24,25)/t14-/m0/s1. The molecule has 0 aliphatic rings. The van der Waals surface area contributed by atoms with Crippen molar-refractivity contribution in [2.45, 2.75) is 26.1 Å². The Morgan fingerprint density at radius 3 is 2.35 bits per heavy atom. The molecule has 0 aliphatic heterocycles. The third-order valence-electron chi connectivity index (χ3n) is 4.25. The van der Waals surface area contributed by atoms with E-state index in [-0.39, 0.29) is 5.56 Å². The van der Waals surface area contributed by atoms with E-state index < -0.39 is 12.1 Å². The van der Waals surface area contributed by atoms with Gasteiger partial charge in [-0.15, -0.1) is 0 Å². The largest absolute Gasteiger partial charge is 0.545 e. The second-order valence-electron chi connectivity index (χ2n) is 6.25. The number of aromatic carboxylic acids is 1. The maximum absolute atomic E-state index is 10.7. The molecular formula is C21H21NO4. The van der Waals surface area contributed by atoms with E-state index in [2.05, 4.69) is 5.32 Å². The highest BCUT2D eigenvalue weighted by atomic mass is 16.4. The minimum absolute atomic E-state index is 0.186. The van der Waals surface area contributed by atoms with E-state index in [1.165, 1.54) is 0 Å². The predicted molar refractivity (Wildman–Crippen MR) is 94.9 cm³/mol. The van der Waals surface area contributed by atoms with Crippen molar-refractivity contribution in [3.8, 4) is 11.3 Å². The molecule has 3 N–H and O–H groups in total. The molecule has 1 atom stereocenters. The fourth-order valence-electron chi connectivity index (χ4n) is 2.73. The van der Waals surface area contributed by atoms with Crippen molar-refractivity contribution in [1.29, 1.82) is 0 Å². The number of nitrogens with two attached hydrogens (primary N) is 1. The Hall–Kier alpha value is -2.89. The number of carboxylic acid groups (broad SMARTS) is 1. The highest BCUT2D eigenvalue weighted by molar-refractivity contribution is 5.85. The average molecular weight is 351 g/mol. The lowest BCUT2D eigenvalue weighted by atomic mass is 10.1. The molecule has 5 nitrogen and oxygen atoms in total. The highest BCUT2D eigenvalue weighted by Crippen LogP contribution is 2.23. The first-order valence-corrected chi connectivity index (χ1v) is 8.52. The van der Waals surface area contributed by atoms with Crippen LogP contribution in [0.2, 0.25) is 0 Å². The van der Waals surface area contributed by atoms with Crippen LogP contribution in [-0.4, -0.2) is 11.1 Å². The summed E-state index contributed by atoms with van der Waals surface area (Å²) >= 11 is 0. The molecule has 0 fully saturated rings. The van der Waals surface area contributed by atoms with Gasteiger partial charge in [0.1, 0.15) is 18.8 Å². The van der Waals surface area contributed by atoms with Gasteiger partial charge in [0.2, 0.25) is 0 Å². The van der Waals surface area contributed by atoms with Crippen molar-refractivity contribution < 1.29 is 24.7 Å². The van der Waals surface area contributed by atoms with Crippen molar-refractivity contribution in [2.24, 2.45) is 0 Å². The number of aliphatic hydroxyl groups excluding tert-OH is 1. The lowest BCUT2D eigenvalue weighted by Gasteiger charge is -2.05. The van der Waals surface area contributed by atoms with E-state index in [4.69, 9.17) is 4.42 Å². The summed E-state index contributed by atoms with van der Waals surface area (Å²) in [7, 11) is 0. The smallest absolute Gasteiger partial charge is 0.158 e. The molecule has 0 spiro atoms. The molecule has 0 amide bonds. The number of quaternary nitrogens is 1. The second kappa shape index (κ2) is 7.99. The number of furan rings is 1. The second-order valence-corrected chi connectivity index (χ2v) is 6.25. The van der Waals surface area contributed by atoms with Crippen LogP contribution < -0.4 is 10.4 Å². The van der Waals surface area contributed by atoms with Crippen LogP contribution in [-0.2, 0) is 13.1 Å². The number of hydrogen-bond donors (Lipinski definition) is 2. The average Bonchev–Trinajstić information content (AvgIpc) is 3.11. The van der Waals surface area contributed by atoms with Gasteiger partial charge in [-0.25, -0.2) is 0 Å². The van der Waals surface area contributed by atoms with Gasteiger partial charge in [0.15, 0.2) is 5.76 Å². The molecule has 0 radical (unpaired) electrons. The normalized spacial score (nSPS) is 12.1. The van der Waals surface area contributed by atoms with Crippen molar-refractivity contribution >= 4 is 5.97 Å². The molecule has 0 saturated carbocycles. The zero-order chi connectivity index (χ0) is 18.5. The van der Waals surface area contributed by atoms with Gasteiger partial charge in [0.05, 0.1) is 12.1 Å². The molecular weight excluding hydrogens is 330 g/mol. The van der Waals surface area contributed by atoms with E-state index in [0.717, 1.165) is 34.8 Å². The van der Waals surface area contributed by atoms with Crippen molar-refractivity contribution in [3.63, 3.8) is 0 Å². The first-order chi connectivity index (χ1) is 12.5. The van der Waals surface area contributed by atoms with Crippen LogP contribution in [0.25, 0.3) is 11.3 Å². The number of hydrogen-bond acceptors (Lipinski definition) is 4. The molecule has 1 aromatic heterocycles. The molecule has 3 rings (SSSR count). The molecule has 2 aromatic carbocycles. The highest BCUT2D eigenvalue weighted by Gasteiger charge is 2.08. The molecule has 3 aromatic rings. The van der Waals surface area contributed by atoms with Gasteiger partial charge in [-0.05, 0) is 30.2 Å². The van der Waals surface area contributed by atoms with Gasteiger partial charge in [0.25, 0.3) is 0 Å². The Morgan fingerprint density at radius 1 is 1.04 bits per heavy atom. The maximum Gasteiger partial charge on any atom is 0.158 e. The van der Waals surface area contributed by atoms with E-state index in [1.54, 1.807) is 31.2 Å². The Balaban J connectivity index is 1.56. The molecule has 0 saturated heterocycles. The number of benzene rings is 2. The number of carboxylic acids is 1. The third kappa shape index (κ3) is 4.39. The summed E-state index contributed by atoms with van der Waals surface area (Å²) in [4.78, 5) is 10.7. The fraction of sp³-hybridized carbons (Fsp3) is 0.190. The van der Waals surface area contributed by atoms with Crippen LogP contribution in [0, 0.1) is 0 Å². The fourth-order valence-corrected chi connectivity index (χ4v) is 2.73. The quantitative estimate of drug-likeness (QED) is 0.677. The predicted octanol–water partition coefficient (Wildman–Crippen LogP) is 1.63. The monoisotopic (exact) mass is 351 g/mol. The Labute approximate surface area is 151 Å². The summed E-state index contributed by atoms with van der Waals surface area (Å²) in [5, 5.41) is 22.4. The summed E-state index contributed by atoms with van der Waals surface area (Å²) in [6, 6.07) is 18.2. The summed E-state index contributed by atoms with van der Waals surface area (Å²) < 4.78 is 5.88. The Bertz CT molecular complexity index is 864. The molecule has 0 unspecified atom stereocenters. The number of carbonyl (C=O) groups is 1. The summed E-state index contributed by atoms with van der Waals surface area (Å²) in [5.41, 5.74) is 3.07. The van der Waals surface area contributed by atoms with Crippen LogP contribution in [0.15, 0.2) is 65.1 Å². The number of carbonyl (C=O) groups excluding carboxylic acids is 1. The minimum Gasteiger partial charge on any atom is -0.545 e. The first kappa shape index (κ1) is 17.9. The van der Waals surface area contributed by atoms with E-state index in [0.29, 0.717) is 6.54 Å². The minimum atomic E-state index is -1.16. The van der Waals surface area contributed by atoms with Crippen LogP contribution in [0.1, 0.15) is 40.3 Å². The molecule has 134 valence electrons. The molecule has 1 heterocycles. The molecule has 0 bridgehead atoms. The van der Waals surface area contributed by atoms with Gasteiger partial charge in [-0.1, -0.05) is 48.5 Å². The molecule has 5 heteroatoms. The Kier molecular flexibility index (Phi) is 5.51. The zero-order valence-corrected chi connectivity index (χ0v) is 14.5.